The lowest BCUT2D eigenvalue weighted by Crippen LogP contribution is -1.83. The fraction of sp³-hybridized carbons (Fsp3) is 0. The van der Waals surface area contributed by atoms with Crippen LogP contribution in [0.5, 0.6) is 0 Å². The summed E-state index contributed by atoms with van der Waals surface area (Å²) in [5.74, 6) is 0. The minimum Gasteiger partial charge on any atom is -0.243 e. The molecule has 0 spiro atoms. The SMILES string of the molecule is Clc1ccc(-c2ccnc(Cl)c2Cl)cc1Cl. The molecule has 0 aliphatic rings. The largest absolute Gasteiger partial charge is 0.243 e. The van der Waals surface area contributed by atoms with Crippen LogP contribution in [0.2, 0.25) is 20.2 Å². The summed E-state index contributed by atoms with van der Waals surface area (Å²) in [6, 6.07) is 7.05. The molecule has 0 fully saturated rings. The van der Waals surface area contributed by atoms with Crippen molar-refractivity contribution in [1.82, 2.24) is 4.98 Å². The van der Waals surface area contributed by atoms with Gasteiger partial charge in [0.05, 0.1) is 15.1 Å². The first kappa shape index (κ1) is 12.0. The molecule has 2 aromatic rings. The predicted molar refractivity (Wildman–Crippen MR) is 69.7 cm³/mol. The zero-order chi connectivity index (χ0) is 11.7. The lowest BCUT2D eigenvalue weighted by Gasteiger charge is -2.06. The van der Waals surface area contributed by atoms with E-state index in [0.717, 1.165) is 11.1 Å². The Morgan fingerprint density at radius 3 is 2.31 bits per heavy atom. The second-order valence-electron chi connectivity index (χ2n) is 3.09. The molecule has 0 aliphatic carbocycles. The van der Waals surface area contributed by atoms with Gasteiger partial charge in [-0.15, -0.1) is 0 Å². The van der Waals surface area contributed by atoms with E-state index in [1.807, 2.05) is 6.07 Å². The van der Waals surface area contributed by atoms with Gasteiger partial charge >= 0.3 is 0 Å². The molecule has 1 nitrogen and oxygen atoms in total. The number of nitrogens with zero attached hydrogens (tertiary/aromatic N) is 1. The van der Waals surface area contributed by atoms with Gasteiger partial charge in [-0.2, -0.15) is 0 Å². The average Bonchev–Trinajstić information content (AvgIpc) is 2.26. The standard InChI is InChI=1S/C11H5Cl4N/c12-8-2-1-6(5-9(8)13)7-3-4-16-11(15)10(7)14/h1-5H. The highest BCUT2D eigenvalue weighted by Gasteiger charge is 2.09. The van der Waals surface area contributed by atoms with Crippen LogP contribution in [0.1, 0.15) is 0 Å². The van der Waals surface area contributed by atoms with Crippen LogP contribution in [-0.4, -0.2) is 4.98 Å². The van der Waals surface area contributed by atoms with Gasteiger partial charge < -0.3 is 0 Å². The van der Waals surface area contributed by atoms with E-state index in [2.05, 4.69) is 4.98 Å². The molecule has 1 heterocycles. The van der Waals surface area contributed by atoms with Crippen LogP contribution in [-0.2, 0) is 0 Å². The Morgan fingerprint density at radius 2 is 1.62 bits per heavy atom. The molecule has 5 heteroatoms. The average molecular weight is 293 g/mol. The quantitative estimate of drug-likeness (QED) is 0.645. The molecule has 0 radical (unpaired) electrons. The van der Waals surface area contributed by atoms with E-state index in [-0.39, 0.29) is 5.15 Å². The smallest absolute Gasteiger partial charge is 0.148 e. The number of hydrogen-bond donors (Lipinski definition) is 0. The van der Waals surface area contributed by atoms with Crippen molar-refractivity contribution in [2.75, 3.05) is 0 Å². The van der Waals surface area contributed by atoms with E-state index in [4.69, 9.17) is 46.4 Å². The summed E-state index contributed by atoms with van der Waals surface area (Å²) in [6.07, 6.45) is 1.59. The minimum absolute atomic E-state index is 0.269. The van der Waals surface area contributed by atoms with Crippen LogP contribution in [0, 0.1) is 0 Å². The number of halogens is 4. The van der Waals surface area contributed by atoms with Crippen LogP contribution in [0.15, 0.2) is 30.5 Å². The van der Waals surface area contributed by atoms with Gasteiger partial charge in [-0.05, 0) is 23.8 Å². The predicted octanol–water partition coefficient (Wildman–Crippen LogP) is 5.36. The Balaban J connectivity index is 2.59. The zero-order valence-electron chi connectivity index (χ0n) is 7.85. The topological polar surface area (TPSA) is 12.9 Å². The summed E-state index contributed by atoms with van der Waals surface area (Å²) >= 11 is 23.7. The summed E-state index contributed by atoms with van der Waals surface area (Å²) in [5, 5.41) is 1.65. The number of aromatic nitrogens is 1. The van der Waals surface area contributed by atoms with E-state index < -0.39 is 0 Å². The van der Waals surface area contributed by atoms with Crippen LogP contribution in [0.25, 0.3) is 11.1 Å². The third-order valence-electron chi connectivity index (χ3n) is 2.08. The Labute approximate surface area is 113 Å². The van der Waals surface area contributed by atoms with E-state index in [0.29, 0.717) is 15.1 Å². The fourth-order valence-corrected chi connectivity index (χ4v) is 1.98. The van der Waals surface area contributed by atoms with Crippen molar-refractivity contribution in [2.45, 2.75) is 0 Å². The van der Waals surface area contributed by atoms with Gasteiger partial charge in [-0.25, -0.2) is 4.98 Å². The van der Waals surface area contributed by atoms with Crippen LogP contribution in [0.4, 0.5) is 0 Å². The van der Waals surface area contributed by atoms with Gasteiger partial charge in [-0.3, -0.25) is 0 Å². The third kappa shape index (κ3) is 2.28. The van der Waals surface area contributed by atoms with Gasteiger partial charge in [0.25, 0.3) is 0 Å². The molecular weight excluding hydrogens is 288 g/mol. The molecule has 1 aromatic carbocycles. The third-order valence-corrected chi connectivity index (χ3v) is 3.58. The molecule has 0 bridgehead atoms. The second-order valence-corrected chi connectivity index (χ2v) is 4.64. The Morgan fingerprint density at radius 1 is 0.875 bits per heavy atom. The maximum Gasteiger partial charge on any atom is 0.148 e. The summed E-state index contributed by atoms with van der Waals surface area (Å²) in [5.41, 5.74) is 1.63. The minimum atomic E-state index is 0.269. The molecule has 2 rings (SSSR count). The Kier molecular flexibility index (Phi) is 3.60. The Bertz CT molecular complexity index is 540. The van der Waals surface area contributed by atoms with Crippen LogP contribution in [0.3, 0.4) is 0 Å². The first-order valence-electron chi connectivity index (χ1n) is 4.35. The molecule has 0 unspecified atom stereocenters. The Hall–Kier alpha value is -0.470. The monoisotopic (exact) mass is 291 g/mol. The number of hydrogen-bond acceptors (Lipinski definition) is 1. The van der Waals surface area contributed by atoms with E-state index >= 15 is 0 Å². The summed E-state index contributed by atoms with van der Waals surface area (Å²) in [7, 11) is 0. The fourth-order valence-electron chi connectivity index (χ4n) is 1.30. The molecule has 1 aromatic heterocycles. The van der Waals surface area contributed by atoms with Gasteiger partial charge in [0.2, 0.25) is 0 Å². The summed E-state index contributed by atoms with van der Waals surface area (Å²) in [6.45, 7) is 0. The maximum atomic E-state index is 6.05. The van der Waals surface area contributed by atoms with E-state index in [9.17, 15) is 0 Å². The van der Waals surface area contributed by atoms with Crippen molar-refractivity contribution < 1.29 is 0 Å². The molecule has 0 aliphatic heterocycles. The highest BCUT2D eigenvalue weighted by molar-refractivity contribution is 6.43. The molecule has 16 heavy (non-hydrogen) atoms. The number of benzene rings is 1. The molecule has 0 atom stereocenters. The van der Waals surface area contributed by atoms with E-state index in [1.54, 1.807) is 24.4 Å². The van der Waals surface area contributed by atoms with Crippen LogP contribution < -0.4 is 0 Å². The summed E-state index contributed by atoms with van der Waals surface area (Å²) in [4.78, 5) is 3.88. The van der Waals surface area contributed by atoms with Crippen molar-refractivity contribution in [1.29, 1.82) is 0 Å². The van der Waals surface area contributed by atoms with Gasteiger partial charge in [0, 0.05) is 11.8 Å². The molecular formula is C11H5Cl4N. The first-order valence-corrected chi connectivity index (χ1v) is 5.86. The molecule has 0 saturated heterocycles. The highest BCUT2D eigenvalue weighted by atomic mass is 35.5. The van der Waals surface area contributed by atoms with Crippen LogP contribution >= 0.6 is 46.4 Å². The van der Waals surface area contributed by atoms with Gasteiger partial charge in [-0.1, -0.05) is 52.5 Å². The first-order chi connectivity index (χ1) is 7.59. The normalized spacial score (nSPS) is 10.5. The molecule has 0 N–H and O–H groups in total. The second kappa shape index (κ2) is 4.80. The van der Waals surface area contributed by atoms with E-state index in [1.165, 1.54) is 0 Å². The lowest BCUT2D eigenvalue weighted by atomic mass is 10.1. The zero-order valence-corrected chi connectivity index (χ0v) is 10.9. The number of rotatable bonds is 1. The van der Waals surface area contributed by atoms with Crippen molar-refractivity contribution in [3.63, 3.8) is 0 Å². The van der Waals surface area contributed by atoms with Crippen molar-refractivity contribution in [3.8, 4) is 11.1 Å². The molecule has 0 saturated carbocycles. The van der Waals surface area contributed by atoms with Crippen molar-refractivity contribution in [2.24, 2.45) is 0 Å². The maximum absolute atomic E-state index is 6.05. The molecule has 82 valence electrons. The highest BCUT2D eigenvalue weighted by Crippen LogP contribution is 2.34. The summed E-state index contributed by atoms with van der Waals surface area (Å²) < 4.78 is 0. The molecule has 0 amide bonds. The lowest BCUT2D eigenvalue weighted by molar-refractivity contribution is 1.33. The number of pyridine rings is 1. The van der Waals surface area contributed by atoms with Crippen molar-refractivity contribution in [3.05, 3.63) is 50.7 Å². The van der Waals surface area contributed by atoms with Crippen molar-refractivity contribution >= 4 is 46.4 Å². The van der Waals surface area contributed by atoms with Gasteiger partial charge in [0.1, 0.15) is 5.15 Å². The van der Waals surface area contributed by atoms with Gasteiger partial charge in [0.15, 0.2) is 0 Å².